The fraction of sp³-hybridized carbons (Fsp3) is 0. The second-order valence-electron chi connectivity index (χ2n) is 0.300. The molecule has 0 rings (SSSR count). The van der Waals surface area contributed by atoms with Gasteiger partial charge in [-0.1, -0.05) is 37.9 Å². The highest BCUT2D eigenvalue weighted by Gasteiger charge is 1.18. The zero-order valence-corrected chi connectivity index (χ0v) is 6.87. The number of thiol groups is 3. The number of rotatable bonds is 0. The Morgan fingerprint density at radius 2 is 0.667 bits per heavy atom. The molecule has 0 aromatic heterocycles. The van der Waals surface area contributed by atoms with Crippen LogP contribution in [0.3, 0.4) is 0 Å². The van der Waals surface area contributed by atoms with Crippen molar-refractivity contribution in [2.45, 2.75) is 0 Å². The van der Waals surface area contributed by atoms with E-state index in [4.69, 9.17) is 15.8 Å². The van der Waals surface area contributed by atoms with Crippen LogP contribution in [0.5, 0.6) is 0 Å². The maximum atomic E-state index is 7.18. The zero-order valence-electron chi connectivity index (χ0n) is 4.18. The second kappa shape index (κ2) is 50.3. The van der Waals surface area contributed by atoms with Gasteiger partial charge in [0.1, 0.15) is 16.2 Å². The Morgan fingerprint density at radius 3 is 0.667 bits per heavy atom. The van der Waals surface area contributed by atoms with Crippen molar-refractivity contribution in [3.05, 3.63) is 0 Å². The molecule has 0 aliphatic carbocycles. The molecule has 0 heterocycles. The lowest BCUT2D eigenvalue weighted by Crippen LogP contribution is -0.961. The normalized spacial score (nSPS) is 2.67. The summed E-state index contributed by atoms with van der Waals surface area (Å²) in [5.41, 5.74) is 0. The van der Waals surface area contributed by atoms with Gasteiger partial charge in [-0.3, -0.25) is 0 Å². The molecule has 0 atom stereocenters. The maximum absolute atomic E-state index is 7.18. The van der Waals surface area contributed by atoms with Gasteiger partial charge in [0.05, 0.1) is 0 Å². The van der Waals surface area contributed by atoms with Crippen molar-refractivity contribution in [3.8, 4) is 16.2 Å². The summed E-state index contributed by atoms with van der Waals surface area (Å²) in [7, 11) is 0. The van der Waals surface area contributed by atoms with E-state index in [-0.39, 0.29) is 0 Å². The van der Waals surface area contributed by atoms with E-state index < -0.39 is 0 Å². The molecule has 0 saturated heterocycles. The Labute approximate surface area is 70.1 Å². The Balaban J connectivity index is -0.0000000600. The lowest BCUT2D eigenvalue weighted by molar-refractivity contribution is 1.57. The summed E-state index contributed by atoms with van der Waals surface area (Å²) in [5, 5.41) is 25.9. The molecule has 0 aromatic rings. The quantitative estimate of drug-likeness (QED) is 0.384. The van der Waals surface area contributed by atoms with Crippen molar-refractivity contribution >= 4 is 37.9 Å². The van der Waals surface area contributed by atoms with Crippen LogP contribution in [0.15, 0.2) is 0 Å². The van der Waals surface area contributed by atoms with Crippen LogP contribution in [0.1, 0.15) is 0 Å². The molecule has 0 radical (unpaired) electrons. The van der Waals surface area contributed by atoms with Crippen LogP contribution < -0.4 is 0 Å². The van der Waals surface area contributed by atoms with Gasteiger partial charge in [0.25, 0.3) is 0 Å². The van der Waals surface area contributed by atoms with E-state index >= 15 is 0 Å². The predicted octanol–water partition coefficient (Wildman–Crippen LogP) is 1.19. The van der Waals surface area contributed by atoms with Crippen LogP contribution in [0.4, 0.5) is 0 Å². The standard InChI is InChI=1S/3CHNS/c3*2-1-3/h3*3H. The molecule has 0 aromatic carbocycles. The van der Waals surface area contributed by atoms with E-state index in [2.05, 4.69) is 37.9 Å². The van der Waals surface area contributed by atoms with Gasteiger partial charge in [-0.25, -0.2) is 0 Å². The highest BCUT2D eigenvalue weighted by molar-refractivity contribution is 7.85. The highest BCUT2D eigenvalue weighted by atomic mass is 32.1. The molecule has 0 amide bonds. The van der Waals surface area contributed by atoms with Gasteiger partial charge in [-0.05, 0) is 0 Å². The number of thiocyanates is 3. The predicted molar refractivity (Wildman–Crippen MR) is 43.8 cm³/mol. The summed E-state index contributed by atoms with van der Waals surface area (Å²) in [6.07, 6.45) is 0. The molecular formula is C3H3N3S3. The first kappa shape index (κ1) is 15.8. The van der Waals surface area contributed by atoms with Crippen LogP contribution in [-0.4, -0.2) is 0 Å². The monoisotopic (exact) mass is 177 g/mol. The summed E-state index contributed by atoms with van der Waals surface area (Å²) in [6, 6.07) is 0. The highest BCUT2D eigenvalue weighted by Crippen LogP contribution is 1.47. The average molecular weight is 177 g/mol. The Kier molecular flexibility index (Phi) is 88.4. The van der Waals surface area contributed by atoms with E-state index in [1.165, 1.54) is 16.2 Å². The summed E-state index contributed by atoms with van der Waals surface area (Å²) in [4.78, 5) is 0. The van der Waals surface area contributed by atoms with Crippen LogP contribution in [0, 0.1) is 32.0 Å². The van der Waals surface area contributed by atoms with Crippen molar-refractivity contribution in [1.82, 2.24) is 0 Å². The smallest absolute Gasteiger partial charge is 0.130 e. The maximum Gasteiger partial charge on any atom is 0.130 e. The topological polar surface area (TPSA) is 71.4 Å². The molecule has 0 N–H and O–H groups in total. The Bertz CT molecular complexity index is 107. The van der Waals surface area contributed by atoms with Gasteiger partial charge in [0.2, 0.25) is 0 Å². The number of hydrogen-bond donors (Lipinski definition) is 3. The minimum Gasteiger partial charge on any atom is -0.185 e. The first-order chi connectivity index (χ1) is 4.24. The molecule has 48 valence electrons. The molecule has 3 nitrogen and oxygen atoms in total. The van der Waals surface area contributed by atoms with E-state index in [0.717, 1.165) is 0 Å². The van der Waals surface area contributed by atoms with E-state index in [1.807, 2.05) is 0 Å². The summed E-state index contributed by atoms with van der Waals surface area (Å²) in [6.45, 7) is 0. The molecule has 0 aliphatic rings. The SMILES string of the molecule is N#CS.N#CS.N#CS. The van der Waals surface area contributed by atoms with Gasteiger partial charge in [-0.15, -0.1) is 0 Å². The number of nitrogens with zero attached hydrogens (tertiary/aromatic N) is 3. The van der Waals surface area contributed by atoms with Crippen molar-refractivity contribution in [2.24, 2.45) is 0 Å². The van der Waals surface area contributed by atoms with Crippen molar-refractivity contribution < 1.29 is 0 Å². The average Bonchev–Trinajstić information content (AvgIpc) is 1.70. The summed E-state index contributed by atoms with van der Waals surface area (Å²) < 4.78 is 0. The minimum atomic E-state index is 1.44. The van der Waals surface area contributed by atoms with E-state index in [0.29, 0.717) is 0 Å². The Hall–Kier alpha value is -0.480. The number of nitriles is 3. The van der Waals surface area contributed by atoms with Crippen molar-refractivity contribution in [2.75, 3.05) is 0 Å². The molecule has 0 spiro atoms. The molecule has 0 aliphatic heterocycles. The first-order valence-electron chi connectivity index (χ1n) is 1.34. The minimum absolute atomic E-state index is 1.44. The van der Waals surface area contributed by atoms with Gasteiger partial charge in [0.15, 0.2) is 0 Å². The van der Waals surface area contributed by atoms with Crippen LogP contribution in [0.2, 0.25) is 0 Å². The first-order valence-corrected chi connectivity index (χ1v) is 2.68. The summed E-state index contributed by atoms with van der Waals surface area (Å²) in [5.74, 6) is 0. The van der Waals surface area contributed by atoms with E-state index in [9.17, 15) is 0 Å². The third-order valence-corrected chi connectivity index (χ3v) is 0. The van der Waals surface area contributed by atoms with Gasteiger partial charge in [0, 0.05) is 0 Å². The van der Waals surface area contributed by atoms with Gasteiger partial charge in [-0.2, -0.15) is 15.8 Å². The summed E-state index contributed by atoms with van der Waals surface area (Å²) >= 11 is 9.28. The molecule has 0 fully saturated rings. The molecule has 0 saturated carbocycles. The second-order valence-corrected chi connectivity index (χ2v) is 0.900. The van der Waals surface area contributed by atoms with Crippen LogP contribution in [0.25, 0.3) is 0 Å². The van der Waals surface area contributed by atoms with Crippen LogP contribution in [-0.2, 0) is 0 Å². The fourth-order valence-corrected chi connectivity index (χ4v) is 0. The largest absolute Gasteiger partial charge is 0.185 e. The molecule has 0 unspecified atom stereocenters. The third-order valence-electron chi connectivity index (χ3n) is 0. The zero-order chi connectivity index (χ0) is 8.12. The fourth-order valence-electron chi connectivity index (χ4n) is 0. The van der Waals surface area contributed by atoms with Crippen LogP contribution >= 0.6 is 37.9 Å². The third kappa shape index (κ3) is 995. The molecule has 9 heavy (non-hydrogen) atoms. The van der Waals surface area contributed by atoms with Crippen molar-refractivity contribution in [1.29, 1.82) is 15.8 Å². The van der Waals surface area contributed by atoms with Gasteiger partial charge < -0.3 is 0 Å². The molecule has 0 bridgehead atoms. The number of hydrogen-bond acceptors (Lipinski definition) is 6. The van der Waals surface area contributed by atoms with Crippen molar-refractivity contribution in [3.63, 3.8) is 0 Å². The molecule has 6 heteroatoms. The lowest BCUT2D eigenvalue weighted by Gasteiger charge is -1.14. The van der Waals surface area contributed by atoms with E-state index in [1.54, 1.807) is 0 Å². The molecular weight excluding hydrogens is 174 g/mol. The Morgan fingerprint density at radius 1 is 0.667 bits per heavy atom. The lowest BCUT2D eigenvalue weighted by atomic mass is 11.8. The van der Waals surface area contributed by atoms with Gasteiger partial charge >= 0.3 is 0 Å².